The molecule has 4 rings (SSSR count). The van der Waals surface area contributed by atoms with E-state index < -0.39 is 8.32 Å². The van der Waals surface area contributed by atoms with Gasteiger partial charge in [-0.1, -0.05) is 26.7 Å². The van der Waals surface area contributed by atoms with Gasteiger partial charge in [0, 0.05) is 6.10 Å². The zero-order chi connectivity index (χ0) is 17.2. The van der Waals surface area contributed by atoms with E-state index in [-0.39, 0.29) is 0 Å². The maximum Gasteiger partial charge on any atom is 0.184 e. The van der Waals surface area contributed by atoms with Crippen molar-refractivity contribution in [1.29, 1.82) is 0 Å². The van der Waals surface area contributed by atoms with Gasteiger partial charge in [0.15, 0.2) is 8.32 Å². The van der Waals surface area contributed by atoms with E-state index in [4.69, 9.17) is 4.43 Å². The Balaban J connectivity index is 1.55. The number of rotatable bonds is 2. The van der Waals surface area contributed by atoms with Gasteiger partial charge in [-0.15, -0.1) is 0 Å². The molecule has 0 amide bonds. The molecule has 7 atom stereocenters. The van der Waals surface area contributed by atoms with Crippen molar-refractivity contribution >= 4 is 8.32 Å². The van der Waals surface area contributed by atoms with Gasteiger partial charge in [0.2, 0.25) is 0 Å². The standard InChI is InChI=1S/C22H40OSi/c1-21-13-11-19-18(10-9-16-8-6-7-12-22(16,19)2)20(21)14-17(15-21)23-24(3,4)5/h16-20H,6-15H2,1-5H3. The highest BCUT2D eigenvalue weighted by atomic mass is 28.4. The Morgan fingerprint density at radius 3 is 2.42 bits per heavy atom. The van der Waals surface area contributed by atoms with Crippen LogP contribution in [0.15, 0.2) is 0 Å². The lowest BCUT2D eigenvalue weighted by molar-refractivity contribution is -0.103. The molecule has 0 N–H and O–H groups in total. The first-order valence-corrected chi connectivity index (χ1v) is 14.3. The third-order valence-corrected chi connectivity index (χ3v) is 9.87. The summed E-state index contributed by atoms with van der Waals surface area (Å²) in [5.74, 6) is 4.04. The lowest BCUT2D eigenvalue weighted by atomic mass is 9.45. The van der Waals surface area contributed by atoms with Crippen LogP contribution in [0.3, 0.4) is 0 Å². The topological polar surface area (TPSA) is 9.23 Å². The Morgan fingerprint density at radius 2 is 1.67 bits per heavy atom. The molecule has 4 aliphatic carbocycles. The van der Waals surface area contributed by atoms with Crippen LogP contribution in [0.4, 0.5) is 0 Å². The lowest BCUT2D eigenvalue weighted by Gasteiger charge is -2.60. The molecule has 4 saturated carbocycles. The fraction of sp³-hybridized carbons (Fsp3) is 1.00. The van der Waals surface area contributed by atoms with Crippen LogP contribution in [-0.4, -0.2) is 14.4 Å². The summed E-state index contributed by atoms with van der Waals surface area (Å²) in [5.41, 5.74) is 1.27. The van der Waals surface area contributed by atoms with Crippen LogP contribution < -0.4 is 0 Å². The van der Waals surface area contributed by atoms with Crippen LogP contribution in [0, 0.1) is 34.5 Å². The van der Waals surface area contributed by atoms with Crippen LogP contribution in [0.5, 0.6) is 0 Å². The molecule has 1 nitrogen and oxygen atoms in total. The fourth-order valence-electron chi connectivity index (χ4n) is 7.88. The molecule has 138 valence electrons. The molecule has 0 aromatic heterocycles. The van der Waals surface area contributed by atoms with E-state index in [9.17, 15) is 0 Å². The molecule has 0 saturated heterocycles. The van der Waals surface area contributed by atoms with Crippen molar-refractivity contribution < 1.29 is 4.43 Å². The minimum absolute atomic E-state index is 0.572. The third kappa shape index (κ3) is 2.84. The van der Waals surface area contributed by atoms with Gasteiger partial charge in [0.25, 0.3) is 0 Å². The fourth-order valence-corrected chi connectivity index (χ4v) is 9.06. The van der Waals surface area contributed by atoms with Gasteiger partial charge in [-0.3, -0.25) is 0 Å². The average molecular weight is 349 g/mol. The molecule has 24 heavy (non-hydrogen) atoms. The van der Waals surface area contributed by atoms with Crippen molar-refractivity contribution in [2.45, 2.75) is 104 Å². The predicted molar refractivity (Wildman–Crippen MR) is 105 cm³/mol. The monoisotopic (exact) mass is 348 g/mol. The van der Waals surface area contributed by atoms with Gasteiger partial charge in [0.1, 0.15) is 0 Å². The van der Waals surface area contributed by atoms with Crippen molar-refractivity contribution in [2.75, 3.05) is 0 Å². The maximum absolute atomic E-state index is 6.61. The molecule has 7 unspecified atom stereocenters. The van der Waals surface area contributed by atoms with E-state index in [1.807, 2.05) is 0 Å². The first-order valence-electron chi connectivity index (χ1n) is 10.9. The molecule has 0 aliphatic heterocycles. The molecule has 2 heteroatoms. The minimum atomic E-state index is -1.41. The van der Waals surface area contributed by atoms with E-state index in [0.29, 0.717) is 16.9 Å². The van der Waals surface area contributed by atoms with E-state index >= 15 is 0 Å². The van der Waals surface area contributed by atoms with Crippen LogP contribution in [0.25, 0.3) is 0 Å². The van der Waals surface area contributed by atoms with Crippen molar-refractivity contribution in [2.24, 2.45) is 34.5 Å². The van der Waals surface area contributed by atoms with Crippen LogP contribution >= 0.6 is 0 Å². The third-order valence-electron chi connectivity index (χ3n) is 8.83. The second-order valence-electron chi connectivity index (χ2n) is 11.4. The lowest BCUT2D eigenvalue weighted by Crippen LogP contribution is -2.51. The summed E-state index contributed by atoms with van der Waals surface area (Å²) in [6.45, 7) is 12.4. The van der Waals surface area contributed by atoms with Crippen LogP contribution in [-0.2, 0) is 4.43 Å². The predicted octanol–water partition coefficient (Wildman–Crippen LogP) is 6.64. The highest BCUT2D eigenvalue weighted by molar-refractivity contribution is 6.69. The maximum atomic E-state index is 6.61. The first kappa shape index (κ1) is 17.6. The first-order chi connectivity index (χ1) is 11.2. The molecule has 4 fully saturated rings. The smallest absolute Gasteiger partial charge is 0.184 e. The second-order valence-corrected chi connectivity index (χ2v) is 15.8. The number of hydrogen-bond acceptors (Lipinski definition) is 1. The molecule has 0 bridgehead atoms. The van der Waals surface area contributed by atoms with Gasteiger partial charge >= 0.3 is 0 Å². The largest absolute Gasteiger partial charge is 0.415 e. The van der Waals surface area contributed by atoms with Gasteiger partial charge in [-0.2, -0.15) is 0 Å². The Morgan fingerprint density at radius 1 is 0.875 bits per heavy atom. The highest BCUT2D eigenvalue weighted by Crippen LogP contribution is 2.66. The molecule has 0 aromatic carbocycles. The van der Waals surface area contributed by atoms with E-state index in [2.05, 4.69) is 33.5 Å². The summed E-state index contributed by atoms with van der Waals surface area (Å²) in [6, 6.07) is 0. The molecular formula is C22H40OSi. The summed E-state index contributed by atoms with van der Waals surface area (Å²) >= 11 is 0. The molecular weight excluding hydrogens is 308 g/mol. The number of hydrogen-bond donors (Lipinski definition) is 0. The second kappa shape index (κ2) is 5.84. The van der Waals surface area contributed by atoms with Crippen molar-refractivity contribution in [3.8, 4) is 0 Å². The quantitative estimate of drug-likeness (QED) is 0.508. The Labute approximate surface area is 151 Å². The van der Waals surface area contributed by atoms with Crippen molar-refractivity contribution in [3.63, 3.8) is 0 Å². The Hall–Kier alpha value is 0.177. The Bertz CT molecular complexity index is 483. The normalized spacial score (nSPS) is 51.6. The summed E-state index contributed by atoms with van der Waals surface area (Å²) in [7, 11) is -1.41. The van der Waals surface area contributed by atoms with Crippen LogP contribution in [0.2, 0.25) is 19.6 Å². The van der Waals surface area contributed by atoms with Crippen molar-refractivity contribution in [1.82, 2.24) is 0 Å². The van der Waals surface area contributed by atoms with Gasteiger partial charge in [-0.05, 0) is 106 Å². The average Bonchev–Trinajstić information content (AvgIpc) is 2.80. The molecule has 4 aliphatic rings. The zero-order valence-electron chi connectivity index (χ0n) is 16.9. The summed E-state index contributed by atoms with van der Waals surface area (Å²) in [6.07, 6.45) is 15.4. The van der Waals surface area contributed by atoms with Crippen LogP contribution in [0.1, 0.15) is 78.1 Å². The molecule has 0 spiro atoms. The van der Waals surface area contributed by atoms with Gasteiger partial charge < -0.3 is 4.43 Å². The highest BCUT2D eigenvalue weighted by Gasteiger charge is 2.58. The molecule has 0 radical (unpaired) electrons. The Kier molecular flexibility index (Phi) is 4.28. The van der Waals surface area contributed by atoms with E-state index in [0.717, 1.165) is 23.7 Å². The van der Waals surface area contributed by atoms with Gasteiger partial charge in [-0.25, -0.2) is 0 Å². The summed E-state index contributed by atoms with van der Waals surface area (Å²) in [5, 5.41) is 0. The molecule has 0 heterocycles. The zero-order valence-corrected chi connectivity index (χ0v) is 17.9. The number of fused-ring (bicyclic) bond motifs is 5. The minimum Gasteiger partial charge on any atom is -0.415 e. The van der Waals surface area contributed by atoms with E-state index in [1.165, 1.54) is 64.2 Å². The van der Waals surface area contributed by atoms with E-state index in [1.54, 1.807) is 0 Å². The SMILES string of the molecule is CC12CCC3C(CCC4CCCCC43C)C1CC(O[Si](C)(C)C)C2. The van der Waals surface area contributed by atoms with Crippen molar-refractivity contribution in [3.05, 3.63) is 0 Å². The van der Waals surface area contributed by atoms with Gasteiger partial charge in [0.05, 0.1) is 0 Å². The molecule has 0 aromatic rings. The summed E-state index contributed by atoms with van der Waals surface area (Å²) in [4.78, 5) is 0. The summed E-state index contributed by atoms with van der Waals surface area (Å²) < 4.78 is 6.61.